The second-order valence-corrected chi connectivity index (χ2v) is 6.44. The Hall–Kier alpha value is -3.08. The molecular formula is C18H19F3N4O4. The lowest BCUT2D eigenvalue weighted by Crippen LogP contribution is -2.42. The number of nitrogens with zero attached hydrogens (tertiary/aromatic N) is 3. The predicted octanol–water partition coefficient (Wildman–Crippen LogP) is 3.10. The van der Waals surface area contributed by atoms with Gasteiger partial charge in [0.05, 0.1) is 18.3 Å². The third-order valence-electron chi connectivity index (χ3n) is 4.35. The van der Waals surface area contributed by atoms with Crippen molar-refractivity contribution in [1.82, 2.24) is 9.97 Å². The Balaban J connectivity index is 1.82. The van der Waals surface area contributed by atoms with Gasteiger partial charge >= 0.3 is 12.7 Å². The molecule has 3 atom stereocenters. The predicted molar refractivity (Wildman–Crippen MR) is 96.4 cm³/mol. The fourth-order valence-corrected chi connectivity index (χ4v) is 2.87. The number of halogens is 3. The first-order chi connectivity index (χ1) is 13.8. The molecule has 1 aliphatic rings. The van der Waals surface area contributed by atoms with Crippen LogP contribution in [0.25, 0.3) is 0 Å². The maximum Gasteiger partial charge on any atom is 0.416 e. The molecule has 0 spiro atoms. The van der Waals surface area contributed by atoms with Crippen molar-refractivity contribution in [3.05, 3.63) is 41.8 Å². The number of amides is 1. The van der Waals surface area contributed by atoms with Crippen LogP contribution in [0.3, 0.4) is 0 Å². The highest BCUT2D eigenvalue weighted by Gasteiger charge is 2.39. The molecule has 0 bridgehead atoms. The van der Waals surface area contributed by atoms with Gasteiger partial charge < -0.3 is 19.9 Å². The number of aliphatic hydroxyl groups excluding tert-OH is 1. The zero-order valence-corrected chi connectivity index (χ0v) is 15.6. The van der Waals surface area contributed by atoms with Gasteiger partial charge in [0.15, 0.2) is 11.6 Å². The highest BCUT2D eigenvalue weighted by molar-refractivity contribution is 5.89. The van der Waals surface area contributed by atoms with Gasteiger partial charge in [-0.05, 0) is 31.5 Å². The van der Waals surface area contributed by atoms with Gasteiger partial charge in [-0.1, -0.05) is 12.1 Å². The minimum atomic E-state index is -2.95. The molecule has 0 radical (unpaired) electrons. The summed E-state index contributed by atoms with van der Waals surface area (Å²) in [5, 5.41) is 12.7. The summed E-state index contributed by atoms with van der Waals surface area (Å²) in [6, 6.07) is 4.81. The molecule has 1 amide bonds. The fraction of sp³-hybridized carbons (Fsp3) is 0.389. The average Bonchev–Trinajstić information content (AvgIpc) is 3.04. The van der Waals surface area contributed by atoms with Gasteiger partial charge in [-0.25, -0.2) is 19.1 Å². The van der Waals surface area contributed by atoms with Crippen LogP contribution in [0.5, 0.6) is 5.75 Å². The largest absolute Gasteiger partial charge is 0.447 e. The Morgan fingerprint density at radius 1 is 1.38 bits per heavy atom. The number of ether oxygens (including phenoxy) is 2. The van der Waals surface area contributed by atoms with Crippen molar-refractivity contribution in [3.8, 4) is 5.75 Å². The number of carbonyl (C=O) groups excluding carboxylic acids is 1. The normalized spacial score (nSPS) is 18.5. The molecule has 0 saturated carbocycles. The number of aromatic nitrogens is 2. The Labute approximate surface area is 164 Å². The van der Waals surface area contributed by atoms with Crippen LogP contribution in [-0.2, 0) is 4.74 Å². The number of cyclic esters (lactones) is 1. The van der Waals surface area contributed by atoms with Crippen molar-refractivity contribution >= 4 is 17.9 Å². The molecule has 3 rings (SSSR count). The van der Waals surface area contributed by atoms with Crippen molar-refractivity contribution in [2.75, 3.05) is 16.8 Å². The Kier molecular flexibility index (Phi) is 6.06. The highest BCUT2D eigenvalue weighted by Crippen LogP contribution is 2.28. The molecule has 2 aromatic rings. The van der Waals surface area contributed by atoms with Gasteiger partial charge in [0, 0.05) is 0 Å². The molecule has 1 unspecified atom stereocenters. The van der Waals surface area contributed by atoms with E-state index in [4.69, 9.17) is 4.74 Å². The minimum absolute atomic E-state index is 0.00174. The number of nitrogens with one attached hydrogen (secondary N) is 1. The molecule has 11 heteroatoms. The van der Waals surface area contributed by atoms with Crippen LogP contribution in [0.4, 0.5) is 29.7 Å². The number of rotatable bonds is 7. The van der Waals surface area contributed by atoms with E-state index in [0.717, 1.165) is 11.1 Å². The van der Waals surface area contributed by atoms with E-state index in [-0.39, 0.29) is 24.1 Å². The van der Waals surface area contributed by atoms with Crippen LogP contribution in [0, 0.1) is 5.82 Å². The van der Waals surface area contributed by atoms with Crippen molar-refractivity contribution in [1.29, 1.82) is 0 Å². The maximum absolute atomic E-state index is 14.3. The van der Waals surface area contributed by atoms with E-state index in [1.807, 2.05) is 0 Å². The molecule has 1 aliphatic heterocycles. The van der Waals surface area contributed by atoms with E-state index in [2.05, 4.69) is 20.0 Å². The van der Waals surface area contributed by atoms with Crippen molar-refractivity contribution in [3.63, 3.8) is 0 Å². The number of carbonyl (C=O) groups is 1. The van der Waals surface area contributed by atoms with Crippen LogP contribution in [0.2, 0.25) is 0 Å². The highest BCUT2D eigenvalue weighted by atomic mass is 19.3. The quantitative estimate of drug-likeness (QED) is 0.721. The first kappa shape index (κ1) is 20.6. The molecule has 29 heavy (non-hydrogen) atoms. The molecule has 156 valence electrons. The third-order valence-corrected chi connectivity index (χ3v) is 4.35. The average molecular weight is 412 g/mol. The van der Waals surface area contributed by atoms with E-state index in [0.29, 0.717) is 5.56 Å². The van der Waals surface area contributed by atoms with Gasteiger partial charge in [-0.3, -0.25) is 0 Å². The van der Waals surface area contributed by atoms with Crippen molar-refractivity contribution in [2.45, 2.75) is 38.6 Å². The zero-order valence-electron chi connectivity index (χ0n) is 15.6. The van der Waals surface area contributed by atoms with Gasteiger partial charge in [0.25, 0.3) is 0 Å². The second-order valence-electron chi connectivity index (χ2n) is 6.44. The summed E-state index contributed by atoms with van der Waals surface area (Å²) in [6.07, 6.45) is -0.911. The number of hydrogen-bond acceptors (Lipinski definition) is 7. The minimum Gasteiger partial charge on any atom is -0.447 e. The smallest absolute Gasteiger partial charge is 0.416 e. The molecule has 8 nitrogen and oxygen atoms in total. The molecule has 1 fully saturated rings. The molecule has 2 N–H and O–H groups in total. The summed E-state index contributed by atoms with van der Waals surface area (Å²) in [6.45, 7) is 0.125. The summed E-state index contributed by atoms with van der Waals surface area (Å²) in [7, 11) is 0. The number of benzene rings is 1. The van der Waals surface area contributed by atoms with E-state index in [9.17, 15) is 23.1 Å². The molecule has 2 heterocycles. The van der Waals surface area contributed by atoms with Crippen LogP contribution in [0.1, 0.15) is 25.5 Å². The monoisotopic (exact) mass is 412 g/mol. The van der Waals surface area contributed by atoms with Crippen molar-refractivity contribution < 1.29 is 32.5 Å². The summed E-state index contributed by atoms with van der Waals surface area (Å²) >= 11 is 0. The fourth-order valence-electron chi connectivity index (χ4n) is 2.87. The van der Waals surface area contributed by atoms with Gasteiger partial charge in [-0.2, -0.15) is 13.8 Å². The zero-order chi connectivity index (χ0) is 21.1. The molecule has 1 saturated heterocycles. The van der Waals surface area contributed by atoms with Crippen LogP contribution in [-0.4, -0.2) is 46.5 Å². The summed E-state index contributed by atoms with van der Waals surface area (Å²) < 4.78 is 48.4. The summed E-state index contributed by atoms with van der Waals surface area (Å²) in [5.41, 5.74) is 0.597. The summed E-state index contributed by atoms with van der Waals surface area (Å²) in [4.78, 5) is 20.8. The Morgan fingerprint density at radius 3 is 2.83 bits per heavy atom. The van der Waals surface area contributed by atoms with Gasteiger partial charge in [0.2, 0.25) is 5.95 Å². The number of alkyl halides is 2. The van der Waals surface area contributed by atoms with E-state index >= 15 is 0 Å². The molecule has 1 aromatic heterocycles. The first-order valence-electron chi connectivity index (χ1n) is 8.74. The second kappa shape index (κ2) is 8.52. The van der Waals surface area contributed by atoms with Crippen molar-refractivity contribution in [2.24, 2.45) is 0 Å². The van der Waals surface area contributed by atoms with E-state index in [1.165, 1.54) is 19.1 Å². The Bertz CT molecular complexity index is 884. The molecule has 1 aromatic carbocycles. The lowest BCUT2D eigenvalue weighted by molar-refractivity contribution is -0.0498. The van der Waals surface area contributed by atoms with Gasteiger partial charge in [-0.15, -0.1) is 0 Å². The Morgan fingerprint density at radius 2 is 2.14 bits per heavy atom. The molecule has 0 aliphatic carbocycles. The van der Waals surface area contributed by atoms with Gasteiger partial charge in [0.1, 0.15) is 18.4 Å². The number of aliphatic hydroxyl groups is 1. The number of anilines is 2. The third kappa shape index (κ3) is 4.67. The van der Waals surface area contributed by atoms with Crippen LogP contribution in [0.15, 0.2) is 30.5 Å². The number of hydrogen-bond donors (Lipinski definition) is 2. The SMILES string of the molecule is C[C@H](Nc1ncc(F)c(N2C(=O)OCC2[C@@H](C)O)n1)c1cccc(OC(F)F)c1. The molecular weight excluding hydrogens is 393 g/mol. The van der Waals surface area contributed by atoms with E-state index < -0.39 is 36.7 Å². The lowest BCUT2D eigenvalue weighted by Gasteiger charge is -2.23. The summed E-state index contributed by atoms with van der Waals surface area (Å²) in [5.74, 6) is -1.21. The maximum atomic E-state index is 14.3. The topological polar surface area (TPSA) is 96.8 Å². The van der Waals surface area contributed by atoms with Crippen LogP contribution >= 0.6 is 0 Å². The standard InChI is InChI=1S/C18H19F3N4O4/c1-9(11-4-3-5-12(6-11)29-16(20)21)23-17-22-7-13(19)15(24-17)25-14(10(2)26)8-28-18(25)27/h3-7,9-10,14,16,26H,8H2,1-2H3,(H,22,23,24)/t9-,10+,14?/m0/s1. The van der Waals surface area contributed by atoms with E-state index in [1.54, 1.807) is 19.1 Å². The lowest BCUT2D eigenvalue weighted by atomic mass is 10.1. The first-order valence-corrected chi connectivity index (χ1v) is 8.74. The van der Waals surface area contributed by atoms with Crippen LogP contribution < -0.4 is 15.0 Å².